The highest BCUT2D eigenvalue weighted by molar-refractivity contribution is 5.92. The first-order valence-electron chi connectivity index (χ1n) is 5.59. The minimum Gasteiger partial charge on any atom is -0.354 e. The van der Waals surface area contributed by atoms with E-state index in [0.717, 1.165) is 5.69 Å². The van der Waals surface area contributed by atoms with E-state index in [9.17, 15) is 9.59 Å². The third-order valence-corrected chi connectivity index (χ3v) is 2.59. The SMILES string of the molecule is O=C1CC(NCC(=O)Nc2ccccc2)CN1. The van der Waals surface area contributed by atoms with E-state index in [1.54, 1.807) is 0 Å². The molecule has 0 spiro atoms. The van der Waals surface area contributed by atoms with Crippen LogP contribution in [-0.2, 0) is 9.59 Å². The van der Waals surface area contributed by atoms with Gasteiger partial charge in [-0.15, -0.1) is 0 Å². The number of amides is 2. The molecule has 17 heavy (non-hydrogen) atoms. The summed E-state index contributed by atoms with van der Waals surface area (Å²) < 4.78 is 0. The van der Waals surface area contributed by atoms with Crippen LogP contribution in [0.25, 0.3) is 0 Å². The molecule has 1 atom stereocenters. The van der Waals surface area contributed by atoms with Gasteiger partial charge in [0.25, 0.3) is 0 Å². The Labute approximate surface area is 99.6 Å². The molecular formula is C12H15N3O2. The van der Waals surface area contributed by atoms with Crippen LogP contribution in [0.15, 0.2) is 30.3 Å². The van der Waals surface area contributed by atoms with E-state index in [2.05, 4.69) is 16.0 Å². The first kappa shape index (κ1) is 11.6. The number of anilines is 1. The van der Waals surface area contributed by atoms with Crippen LogP contribution < -0.4 is 16.0 Å². The van der Waals surface area contributed by atoms with Crippen molar-refractivity contribution in [3.05, 3.63) is 30.3 Å². The Balaban J connectivity index is 1.73. The zero-order valence-electron chi connectivity index (χ0n) is 9.40. The van der Waals surface area contributed by atoms with Crippen LogP contribution in [0, 0.1) is 0 Å². The van der Waals surface area contributed by atoms with Crippen LogP contribution in [0.2, 0.25) is 0 Å². The van der Waals surface area contributed by atoms with E-state index < -0.39 is 0 Å². The zero-order chi connectivity index (χ0) is 12.1. The number of benzene rings is 1. The van der Waals surface area contributed by atoms with Crippen molar-refractivity contribution in [2.24, 2.45) is 0 Å². The molecule has 1 aliphatic rings. The summed E-state index contributed by atoms with van der Waals surface area (Å²) in [7, 11) is 0. The third-order valence-electron chi connectivity index (χ3n) is 2.59. The Hall–Kier alpha value is -1.88. The molecule has 2 amide bonds. The summed E-state index contributed by atoms with van der Waals surface area (Å²) in [5.74, 6) is -0.0680. The van der Waals surface area contributed by atoms with E-state index >= 15 is 0 Å². The molecule has 90 valence electrons. The second-order valence-electron chi connectivity index (χ2n) is 4.00. The van der Waals surface area contributed by atoms with Gasteiger partial charge in [0, 0.05) is 24.7 Å². The Morgan fingerprint density at radius 2 is 2.12 bits per heavy atom. The summed E-state index contributed by atoms with van der Waals surface area (Å²) >= 11 is 0. The second-order valence-corrected chi connectivity index (χ2v) is 4.00. The monoisotopic (exact) mass is 233 g/mol. The third kappa shape index (κ3) is 3.57. The first-order valence-corrected chi connectivity index (χ1v) is 5.59. The van der Waals surface area contributed by atoms with Crippen molar-refractivity contribution in [1.29, 1.82) is 0 Å². The molecule has 0 aliphatic carbocycles. The quantitative estimate of drug-likeness (QED) is 0.691. The van der Waals surface area contributed by atoms with Gasteiger partial charge in [-0.2, -0.15) is 0 Å². The highest BCUT2D eigenvalue weighted by Crippen LogP contribution is 2.04. The summed E-state index contributed by atoms with van der Waals surface area (Å²) in [5, 5.41) is 8.52. The Bertz CT molecular complexity index is 405. The standard InChI is InChI=1S/C12H15N3O2/c16-11-6-10(7-14-11)13-8-12(17)15-9-4-2-1-3-5-9/h1-5,10,13H,6-8H2,(H,14,16)(H,15,17). The lowest BCUT2D eigenvalue weighted by molar-refractivity contribution is -0.119. The number of hydrogen-bond donors (Lipinski definition) is 3. The molecule has 1 heterocycles. The molecule has 0 aromatic heterocycles. The summed E-state index contributed by atoms with van der Waals surface area (Å²) in [6.07, 6.45) is 0.443. The molecule has 5 heteroatoms. The van der Waals surface area contributed by atoms with Gasteiger partial charge in [0.05, 0.1) is 6.54 Å². The molecule has 1 saturated heterocycles. The Morgan fingerprint density at radius 3 is 2.76 bits per heavy atom. The molecule has 0 radical (unpaired) electrons. The van der Waals surface area contributed by atoms with Crippen LogP contribution >= 0.6 is 0 Å². The predicted molar refractivity (Wildman–Crippen MR) is 64.5 cm³/mol. The maximum Gasteiger partial charge on any atom is 0.238 e. The number of para-hydroxylation sites is 1. The topological polar surface area (TPSA) is 70.2 Å². The fraction of sp³-hybridized carbons (Fsp3) is 0.333. The van der Waals surface area contributed by atoms with Crippen molar-refractivity contribution in [3.8, 4) is 0 Å². The van der Waals surface area contributed by atoms with Crippen molar-refractivity contribution < 1.29 is 9.59 Å². The van der Waals surface area contributed by atoms with Gasteiger partial charge >= 0.3 is 0 Å². The smallest absolute Gasteiger partial charge is 0.238 e. The minimum atomic E-state index is -0.101. The maximum absolute atomic E-state index is 11.6. The van der Waals surface area contributed by atoms with Gasteiger partial charge in [0.2, 0.25) is 11.8 Å². The fourth-order valence-electron chi connectivity index (χ4n) is 1.71. The van der Waals surface area contributed by atoms with Crippen LogP contribution in [0.3, 0.4) is 0 Å². The molecule has 5 nitrogen and oxygen atoms in total. The lowest BCUT2D eigenvalue weighted by Crippen LogP contribution is -2.37. The van der Waals surface area contributed by atoms with E-state index in [4.69, 9.17) is 0 Å². The van der Waals surface area contributed by atoms with Crippen molar-refractivity contribution in [3.63, 3.8) is 0 Å². The largest absolute Gasteiger partial charge is 0.354 e. The Morgan fingerprint density at radius 1 is 1.35 bits per heavy atom. The molecule has 1 aliphatic heterocycles. The molecule has 1 aromatic rings. The summed E-state index contributed by atoms with van der Waals surface area (Å²) in [6.45, 7) is 0.811. The normalized spacial score (nSPS) is 18.8. The highest BCUT2D eigenvalue weighted by Gasteiger charge is 2.21. The van der Waals surface area contributed by atoms with Crippen molar-refractivity contribution in [1.82, 2.24) is 10.6 Å². The number of carbonyl (C=O) groups excluding carboxylic acids is 2. The van der Waals surface area contributed by atoms with Gasteiger partial charge in [0.1, 0.15) is 0 Å². The predicted octanol–water partition coefficient (Wildman–Crippen LogP) is 0.103. The van der Waals surface area contributed by atoms with Crippen LogP contribution in [0.4, 0.5) is 5.69 Å². The minimum absolute atomic E-state index is 0.0333. The molecule has 3 N–H and O–H groups in total. The number of carbonyl (C=O) groups is 2. The number of rotatable bonds is 4. The van der Waals surface area contributed by atoms with Crippen molar-refractivity contribution >= 4 is 17.5 Å². The van der Waals surface area contributed by atoms with Gasteiger partial charge in [-0.3, -0.25) is 9.59 Å². The Kier molecular flexibility index (Phi) is 3.72. The molecule has 0 saturated carbocycles. The zero-order valence-corrected chi connectivity index (χ0v) is 9.40. The van der Waals surface area contributed by atoms with Crippen LogP contribution in [0.1, 0.15) is 6.42 Å². The van der Waals surface area contributed by atoms with E-state index in [-0.39, 0.29) is 24.4 Å². The fourth-order valence-corrected chi connectivity index (χ4v) is 1.71. The first-order chi connectivity index (χ1) is 8.24. The molecular weight excluding hydrogens is 218 g/mol. The molecule has 0 bridgehead atoms. The van der Waals surface area contributed by atoms with Gasteiger partial charge in [-0.1, -0.05) is 18.2 Å². The van der Waals surface area contributed by atoms with Crippen LogP contribution in [-0.4, -0.2) is 30.9 Å². The van der Waals surface area contributed by atoms with Crippen molar-refractivity contribution in [2.45, 2.75) is 12.5 Å². The van der Waals surface area contributed by atoms with Gasteiger partial charge in [-0.05, 0) is 12.1 Å². The van der Waals surface area contributed by atoms with Crippen LogP contribution in [0.5, 0.6) is 0 Å². The van der Waals surface area contributed by atoms with E-state index in [1.165, 1.54) is 0 Å². The van der Waals surface area contributed by atoms with E-state index in [0.29, 0.717) is 13.0 Å². The second kappa shape index (κ2) is 5.45. The molecule has 1 fully saturated rings. The maximum atomic E-state index is 11.6. The summed E-state index contributed by atoms with van der Waals surface area (Å²) in [4.78, 5) is 22.5. The average Bonchev–Trinajstić information content (AvgIpc) is 2.74. The average molecular weight is 233 g/mol. The van der Waals surface area contributed by atoms with Gasteiger partial charge < -0.3 is 16.0 Å². The van der Waals surface area contributed by atoms with Gasteiger partial charge in [0.15, 0.2) is 0 Å². The number of hydrogen-bond acceptors (Lipinski definition) is 3. The molecule has 2 rings (SSSR count). The summed E-state index contributed by atoms with van der Waals surface area (Å²) in [6, 6.07) is 9.34. The van der Waals surface area contributed by atoms with Crippen molar-refractivity contribution in [2.75, 3.05) is 18.4 Å². The summed E-state index contributed by atoms with van der Waals surface area (Å²) in [5.41, 5.74) is 0.778. The van der Waals surface area contributed by atoms with Gasteiger partial charge in [-0.25, -0.2) is 0 Å². The molecule has 1 unspecified atom stereocenters. The lowest BCUT2D eigenvalue weighted by atomic mass is 10.2. The number of nitrogens with one attached hydrogen (secondary N) is 3. The lowest BCUT2D eigenvalue weighted by Gasteiger charge is -2.10. The molecule has 1 aromatic carbocycles. The van der Waals surface area contributed by atoms with E-state index in [1.807, 2.05) is 30.3 Å². The highest BCUT2D eigenvalue weighted by atomic mass is 16.2.